The molecule has 0 aromatic heterocycles. The Balaban J connectivity index is 1.78. The molecule has 0 saturated carbocycles. The molecule has 1 aliphatic rings. The number of nitrogens with one attached hydrogen (secondary N) is 2. The highest BCUT2D eigenvalue weighted by Crippen LogP contribution is 2.11. The van der Waals surface area contributed by atoms with Gasteiger partial charge in [0.2, 0.25) is 5.91 Å². The first-order valence-corrected chi connectivity index (χ1v) is 7.82. The Kier molecular flexibility index (Phi) is 6.83. The van der Waals surface area contributed by atoms with E-state index in [2.05, 4.69) is 20.5 Å². The molecule has 0 unspecified atom stereocenters. The normalized spacial score (nSPS) is 16.1. The van der Waals surface area contributed by atoms with Crippen molar-refractivity contribution in [1.29, 1.82) is 0 Å². The first-order chi connectivity index (χ1) is 11.2. The lowest BCUT2D eigenvalue weighted by atomic mass is 10.2. The fraction of sp³-hybridized carbons (Fsp3) is 0.500. The van der Waals surface area contributed by atoms with Crippen LogP contribution >= 0.6 is 0 Å². The maximum Gasteiger partial charge on any atom is 0.225 e. The van der Waals surface area contributed by atoms with Crippen LogP contribution in [0.4, 0.5) is 5.69 Å². The molecule has 0 radical (unpaired) electrons. The summed E-state index contributed by atoms with van der Waals surface area (Å²) in [7, 11) is 1.63. The molecule has 0 aliphatic carbocycles. The van der Waals surface area contributed by atoms with Crippen molar-refractivity contribution >= 4 is 17.6 Å². The van der Waals surface area contributed by atoms with Crippen molar-refractivity contribution in [3.05, 3.63) is 29.8 Å². The van der Waals surface area contributed by atoms with E-state index in [1.807, 2.05) is 24.3 Å². The molecule has 23 heavy (non-hydrogen) atoms. The second-order valence-corrected chi connectivity index (χ2v) is 5.41. The molecule has 7 nitrogen and oxygen atoms in total. The van der Waals surface area contributed by atoms with Crippen molar-refractivity contribution in [1.82, 2.24) is 10.2 Å². The number of carbonyl (C=O) groups excluding carboxylic acids is 1. The highest BCUT2D eigenvalue weighted by atomic mass is 16.5. The molecule has 4 N–H and O–H groups in total. The molecule has 2 rings (SSSR count). The maximum atomic E-state index is 12.1. The van der Waals surface area contributed by atoms with Crippen molar-refractivity contribution in [3.8, 4) is 0 Å². The van der Waals surface area contributed by atoms with Crippen LogP contribution in [0.15, 0.2) is 29.3 Å². The van der Waals surface area contributed by atoms with Crippen LogP contribution < -0.4 is 16.4 Å². The van der Waals surface area contributed by atoms with Crippen molar-refractivity contribution in [2.45, 2.75) is 13.0 Å². The van der Waals surface area contributed by atoms with Crippen LogP contribution in [0.3, 0.4) is 0 Å². The molecule has 126 valence electrons. The van der Waals surface area contributed by atoms with E-state index >= 15 is 0 Å². The monoisotopic (exact) mass is 319 g/mol. The Bertz CT molecular complexity index is 541. The Morgan fingerprint density at radius 3 is 2.91 bits per heavy atom. The lowest BCUT2D eigenvalue weighted by molar-refractivity contribution is -0.116. The van der Waals surface area contributed by atoms with Gasteiger partial charge in [-0.3, -0.25) is 14.7 Å². The van der Waals surface area contributed by atoms with Gasteiger partial charge in [-0.15, -0.1) is 0 Å². The molecule has 7 heteroatoms. The number of aliphatic imine (C=N–C) groups is 1. The molecule has 1 aliphatic heterocycles. The summed E-state index contributed by atoms with van der Waals surface area (Å²) in [5, 5.41) is 5.93. The Labute approximate surface area is 136 Å². The van der Waals surface area contributed by atoms with Crippen LogP contribution in [-0.2, 0) is 16.1 Å². The minimum Gasteiger partial charge on any atom is -0.379 e. The van der Waals surface area contributed by atoms with Gasteiger partial charge in [-0.05, 0) is 17.7 Å². The molecule has 1 saturated heterocycles. The van der Waals surface area contributed by atoms with E-state index in [9.17, 15) is 4.79 Å². The predicted molar refractivity (Wildman–Crippen MR) is 91.3 cm³/mol. The summed E-state index contributed by atoms with van der Waals surface area (Å²) in [5.41, 5.74) is 7.43. The first kappa shape index (κ1) is 17.2. The maximum absolute atomic E-state index is 12.1. The number of morpholine rings is 1. The van der Waals surface area contributed by atoms with Gasteiger partial charge in [0.05, 0.1) is 13.2 Å². The van der Waals surface area contributed by atoms with Crippen molar-refractivity contribution in [2.24, 2.45) is 10.7 Å². The number of anilines is 1. The number of rotatable bonds is 6. The number of nitrogens with zero attached hydrogens (tertiary/aromatic N) is 2. The second-order valence-electron chi connectivity index (χ2n) is 5.41. The number of hydrogen-bond donors (Lipinski definition) is 3. The third-order valence-electron chi connectivity index (χ3n) is 3.68. The number of guanidine groups is 1. The summed E-state index contributed by atoms with van der Waals surface area (Å²) in [6.07, 6.45) is 0.484. The highest BCUT2D eigenvalue weighted by molar-refractivity contribution is 5.90. The van der Waals surface area contributed by atoms with Crippen molar-refractivity contribution < 1.29 is 9.53 Å². The number of hydrogen-bond acceptors (Lipinski definition) is 4. The minimum absolute atomic E-state index is 0.0243. The predicted octanol–water partition coefficient (Wildman–Crippen LogP) is 0.382. The summed E-state index contributed by atoms with van der Waals surface area (Å²) in [5.74, 6) is 0.418. The topological polar surface area (TPSA) is 92.0 Å². The molecule has 1 aromatic carbocycles. The van der Waals surface area contributed by atoms with Gasteiger partial charge in [-0.1, -0.05) is 12.1 Å². The van der Waals surface area contributed by atoms with E-state index in [1.165, 1.54) is 0 Å². The number of ether oxygens (including phenoxy) is 1. The van der Waals surface area contributed by atoms with E-state index in [1.54, 1.807) is 7.05 Å². The Morgan fingerprint density at radius 2 is 2.17 bits per heavy atom. The van der Waals surface area contributed by atoms with Crippen LogP contribution in [0.1, 0.15) is 12.0 Å². The van der Waals surface area contributed by atoms with E-state index in [0.717, 1.165) is 44.1 Å². The molecule has 1 amide bonds. The number of carbonyl (C=O) groups is 1. The number of nitrogens with two attached hydrogens (primary N) is 1. The second kappa shape index (κ2) is 9.12. The van der Waals surface area contributed by atoms with E-state index in [-0.39, 0.29) is 5.91 Å². The van der Waals surface area contributed by atoms with Crippen LogP contribution in [0.5, 0.6) is 0 Å². The summed E-state index contributed by atoms with van der Waals surface area (Å²) < 4.78 is 5.30. The van der Waals surface area contributed by atoms with E-state index in [4.69, 9.17) is 10.5 Å². The van der Waals surface area contributed by atoms with Gasteiger partial charge < -0.3 is 21.1 Å². The van der Waals surface area contributed by atoms with Crippen LogP contribution in [0, 0.1) is 0 Å². The highest BCUT2D eigenvalue weighted by Gasteiger charge is 2.12. The Morgan fingerprint density at radius 1 is 1.39 bits per heavy atom. The zero-order chi connectivity index (χ0) is 16.5. The van der Waals surface area contributed by atoms with Gasteiger partial charge in [0.1, 0.15) is 0 Å². The first-order valence-electron chi connectivity index (χ1n) is 7.82. The van der Waals surface area contributed by atoms with Gasteiger partial charge in [-0.25, -0.2) is 0 Å². The average Bonchev–Trinajstić information content (AvgIpc) is 2.59. The molecule has 0 atom stereocenters. The van der Waals surface area contributed by atoms with Gasteiger partial charge in [0.25, 0.3) is 0 Å². The van der Waals surface area contributed by atoms with Crippen LogP contribution in [0.25, 0.3) is 0 Å². The molecular weight excluding hydrogens is 294 g/mol. The smallest absolute Gasteiger partial charge is 0.225 e. The van der Waals surface area contributed by atoms with Crippen LogP contribution in [0.2, 0.25) is 0 Å². The Hall–Kier alpha value is -2.12. The lowest BCUT2D eigenvalue weighted by Crippen LogP contribution is -2.38. The average molecular weight is 319 g/mol. The third kappa shape index (κ3) is 6.25. The van der Waals surface area contributed by atoms with Crippen LogP contribution in [-0.4, -0.2) is 56.7 Å². The third-order valence-corrected chi connectivity index (χ3v) is 3.68. The standard InChI is InChI=1S/C16H25N5O2/c1-18-16(17)19-12-13-3-2-4-14(11-13)20-15(22)5-6-21-7-9-23-10-8-21/h2-4,11H,5-10,12H2,1H3,(H,20,22)(H3,17,18,19). The zero-order valence-electron chi connectivity index (χ0n) is 13.5. The van der Waals surface area contributed by atoms with Gasteiger partial charge in [0.15, 0.2) is 5.96 Å². The van der Waals surface area contributed by atoms with E-state index in [0.29, 0.717) is 18.9 Å². The molecule has 1 heterocycles. The number of amides is 1. The van der Waals surface area contributed by atoms with E-state index < -0.39 is 0 Å². The summed E-state index contributed by atoms with van der Waals surface area (Å²) in [4.78, 5) is 18.1. The van der Waals surface area contributed by atoms with Gasteiger partial charge in [0, 0.05) is 45.3 Å². The fourth-order valence-electron chi connectivity index (χ4n) is 2.34. The molecular formula is C16H25N5O2. The van der Waals surface area contributed by atoms with Crippen molar-refractivity contribution in [2.75, 3.05) is 45.2 Å². The zero-order valence-corrected chi connectivity index (χ0v) is 13.5. The lowest BCUT2D eigenvalue weighted by Gasteiger charge is -2.26. The fourth-order valence-corrected chi connectivity index (χ4v) is 2.34. The minimum atomic E-state index is 0.0243. The molecule has 1 fully saturated rings. The van der Waals surface area contributed by atoms with Gasteiger partial charge >= 0.3 is 0 Å². The summed E-state index contributed by atoms with van der Waals surface area (Å²) >= 11 is 0. The van der Waals surface area contributed by atoms with Gasteiger partial charge in [-0.2, -0.15) is 0 Å². The molecule has 1 aromatic rings. The molecule has 0 spiro atoms. The summed E-state index contributed by atoms with van der Waals surface area (Å²) in [6.45, 7) is 4.63. The number of benzene rings is 1. The summed E-state index contributed by atoms with van der Waals surface area (Å²) in [6, 6.07) is 7.70. The van der Waals surface area contributed by atoms with Crippen molar-refractivity contribution in [3.63, 3.8) is 0 Å². The molecule has 0 bridgehead atoms. The SMILES string of the molecule is CN=C(N)NCc1cccc(NC(=O)CCN2CCOCC2)c1. The quantitative estimate of drug-likeness (QED) is 0.521. The largest absolute Gasteiger partial charge is 0.379 e.